The van der Waals surface area contributed by atoms with E-state index in [4.69, 9.17) is 27.9 Å². The lowest BCUT2D eigenvalue weighted by atomic mass is 10.1. The zero-order chi connectivity index (χ0) is 21.4. The number of rotatable bonds is 4. The lowest BCUT2D eigenvalue weighted by molar-refractivity contribution is 0.102. The number of hydrogen-bond acceptors (Lipinski definition) is 4. The summed E-state index contributed by atoms with van der Waals surface area (Å²) >= 11 is 12.1. The Hall–Kier alpha value is -3.49. The first-order valence-electron chi connectivity index (χ1n) is 8.66. The third-order valence-corrected chi connectivity index (χ3v) is 4.84. The van der Waals surface area contributed by atoms with Gasteiger partial charge in [-0.3, -0.25) is 19.5 Å². The van der Waals surface area contributed by atoms with E-state index in [0.29, 0.717) is 27.1 Å². The molecule has 30 heavy (non-hydrogen) atoms. The first-order valence-corrected chi connectivity index (χ1v) is 9.42. The average molecular weight is 445 g/mol. The van der Waals surface area contributed by atoms with Crippen molar-refractivity contribution >= 4 is 40.4 Å². The molecule has 10 heteroatoms. The van der Waals surface area contributed by atoms with Gasteiger partial charge in [-0.1, -0.05) is 35.3 Å². The van der Waals surface area contributed by atoms with Gasteiger partial charge in [0.2, 0.25) is 0 Å². The number of benzene rings is 2. The molecule has 0 aliphatic heterocycles. The lowest BCUT2D eigenvalue weighted by Crippen LogP contribution is -2.18. The number of ether oxygens (including phenoxy) is 1. The molecule has 3 N–H and O–H groups in total. The molecule has 0 unspecified atom stereocenters. The van der Waals surface area contributed by atoms with Crippen LogP contribution in [0.1, 0.15) is 10.4 Å². The smallest absolute Gasteiger partial charge is 0.290 e. The van der Waals surface area contributed by atoms with Crippen molar-refractivity contribution in [3.8, 4) is 17.0 Å². The maximum atomic E-state index is 12.7. The first kappa shape index (κ1) is 19.8. The van der Waals surface area contributed by atoms with E-state index in [2.05, 4.69) is 15.4 Å². The Labute approximate surface area is 179 Å². The zero-order valence-electron chi connectivity index (χ0n) is 15.5. The van der Waals surface area contributed by atoms with Crippen LogP contribution in [0.25, 0.3) is 16.9 Å². The maximum Gasteiger partial charge on any atom is 0.290 e. The number of para-hydroxylation sites is 1. The number of nitrogens with zero attached hydrogens (tertiary/aromatic N) is 1. The Kier molecular flexibility index (Phi) is 5.11. The third-order valence-electron chi connectivity index (χ3n) is 4.41. The fraction of sp³-hybridized carbons (Fsp3) is 0.0500. The predicted octanol–water partition coefficient (Wildman–Crippen LogP) is 3.55. The molecule has 2 aromatic carbocycles. The van der Waals surface area contributed by atoms with Gasteiger partial charge in [0.15, 0.2) is 11.3 Å². The summed E-state index contributed by atoms with van der Waals surface area (Å²) in [6, 6.07) is 12.7. The Morgan fingerprint density at radius 1 is 1.07 bits per heavy atom. The van der Waals surface area contributed by atoms with Crippen LogP contribution in [0.15, 0.2) is 58.1 Å². The minimum absolute atomic E-state index is 0.0850. The molecule has 8 nitrogen and oxygen atoms in total. The molecule has 0 aliphatic rings. The second kappa shape index (κ2) is 7.74. The van der Waals surface area contributed by atoms with Crippen molar-refractivity contribution in [2.24, 2.45) is 0 Å². The Morgan fingerprint density at radius 3 is 2.47 bits per heavy atom. The van der Waals surface area contributed by atoms with E-state index in [1.54, 1.807) is 42.5 Å². The van der Waals surface area contributed by atoms with Crippen LogP contribution in [0.2, 0.25) is 10.0 Å². The summed E-state index contributed by atoms with van der Waals surface area (Å²) in [7, 11) is 1.44. The number of hydrogen-bond donors (Lipinski definition) is 3. The molecule has 0 saturated heterocycles. The largest absolute Gasteiger partial charge is 0.496 e. The Balaban J connectivity index is 1.84. The summed E-state index contributed by atoms with van der Waals surface area (Å²) < 4.78 is 6.20. The molecule has 2 aromatic heterocycles. The van der Waals surface area contributed by atoms with Crippen LogP contribution in [0.4, 0.5) is 5.69 Å². The highest BCUT2D eigenvalue weighted by Crippen LogP contribution is 2.26. The van der Waals surface area contributed by atoms with E-state index >= 15 is 0 Å². The van der Waals surface area contributed by atoms with Crippen LogP contribution in [-0.2, 0) is 0 Å². The number of methoxy groups -OCH3 is 1. The van der Waals surface area contributed by atoms with E-state index in [0.717, 1.165) is 4.52 Å². The summed E-state index contributed by atoms with van der Waals surface area (Å²) in [6.07, 6.45) is 0. The number of aromatic nitrogens is 3. The second-order valence-corrected chi connectivity index (χ2v) is 7.21. The number of anilines is 1. The highest BCUT2D eigenvalue weighted by atomic mass is 35.5. The number of amides is 1. The van der Waals surface area contributed by atoms with Crippen molar-refractivity contribution in [2.45, 2.75) is 0 Å². The van der Waals surface area contributed by atoms with Crippen LogP contribution >= 0.6 is 23.2 Å². The van der Waals surface area contributed by atoms with Crippen molar-refractivity contribution < 1.29 is 9.53 Å². The van der Waals surface area contributed by atoms with Gasteiger partial charge in [0.05, 0.1) is 18.4 Å². The Morgan fingerprint density at radius 2 is 1.77 bits per heavy atom. The molecular formula is C20H14Cl2N4O4. The standard InChI is InChI=1S/C20H14Cl2N4O4/c1-30-15-5-3-2-4-13(15)19(28)24-17-18-23-14(9-16(27)26(18)25-20(17)29)10-6-11(21)8-12(22)7-10/h2-9,23H,1H3,(H,24,28)(H,25,29). The van der Waals surface area contributed by atoms with E-state index in [1.165, 1.54) is 13.2 Å². The average Bonchev–Trinajstić information content (AvgIpc) is 3.03. The van der Waals surface area contributed by atoms with Crippen molar-refractivity contribution in [3.05, 3.63) is 84.8 Å². The fourth-order valence-corrected chi connectivity index (χ4v) is 3.59. The molecule has 0 spiro atoms. The molecular weight excluding hydrogens is 431 g/mol. The predicted molar refractivity (Wildman–Crippen MR) is 115 cm³/mol. The van der Waals surface area contributed by atoms with Gasteiger partial charge in [0, 0.05) is 21.7 Å². The molecule has 0 fully saturated rings. The molecule has 152 valence electrons. The van der Waals surface area contributed by atoms with Gasteiger partial charge in [-0.2, -0.15) is 4.52 Å². The molecule has 4 aromatic rings. The van der Waals surface area contributed by atoms with Gasteiger partial charge >= 0.3 is 0 Å². The zero-order valence-corrected chi connectivity index (χ0v) is 17.0. The van der Waals surface area contributed by atoms with Gasteiger partial charge in [-0.15, -0.1) is 0 Å². The van der Waals surface area contributed by atoms with E-state index in [9.17, 15) is 14.4 Å². The summed E-state index contributed by atoms with van der Waals surface area (Å²) in [5.41, 5.74) is -0.0322. The van der Waals surface area contributed by atoms with Crippen LogP contribution in [0, 0.1) is 0 Å². The fourth-order valence-electron chi connectivity index (χ4n) is 3.06. The van der Waals surface area contributed by atoms with Gasteiger partial charge in [-0.25, -0.2) is 0 Å². The topological polar surface area (TPSA) is 108 Å². The number of aromatic amines is 2. The molecule has 1 amide bonds. The van der Waals surface area contributed by atoms with Gasteiger partial charge in [0.1, 0.15) is 5.75 Å². The van der Waals surface area contributed by atoms with Crippen LogP contribution < -0.4 is 21.2 Å². The highest BCUT2D eigenvalue weighted by molar-refractivity contribution is 6.35. The normalized spacial score (nSPS) is 10.9. The van der Waals surface area contributed by atoms with Crippen LogP contribution in [-0.4, -0.2) is 27.6 Å². The van der Waals surface area contributed by atoms with Crippen molar-refractivity contribution in [3.63, 3.8) is 0 Å². The SMILES string of the molecule is COc1ccccc1C(=O)Nc1c(=O)[nH]n2c(=O)cc(-c3cc(Cl)cc(Cl)c3)[nH]c12. The molecule has 2 heterocycles. The number of nitrogens with one attached hydrogen (secondary N) is 3. The van der Waals surface area contributed by atoms with Crippen LogP contribution in [0.3, 0.4) is 0 Å². The van der Waals surface area contributed by atoms with Gasteiger partial charge < -0.3 is 15.0 Å². The number of H-pyrrole nitrogens is 2. The first-order chi connectivity index (χ1) is 14.4. The third kappa shape index (κ3) is 3.58. The maximum absolute atomic E-state index is 12.7. The minimum Gasteiger partial charge on any atom is -0.496 e. The van der Waals surface area contributed by atoms with Crippen molar-refractivity contribution in [2.75, 3.05) is 12.4 Å². The molecule has 0 saturated carbocycles. The second-order valence-electron chi connectivity index (χ2n) is 6.33. The highest BCUT2D eigenvalue weighted by Gasteiger charge is 2.19. The molecule has 0 aliphatic carbocycles. The molecule has 0 bridgehead atoms. The van der Waals surface area contributed by atoms with E-state index in [1.807, 2.05) is 0 Å². The van der Waals surface area contributed by atoms with Crippen molar-refractivity contribution in [1.82, 2.24) is 14.6 Å². The molecule has 0 radical (unpaired) electrons. The quantitative estimate of drug-likeness (QED) is 0.447. The van der Waals surface area contributed by atoms with Gasteiger partial charge in [0.25, 0.3) is 17.0 Å². The Bertz CT molecular complexity index is 1380. The summed E-state index contributed by atoms with van der Waals surface area (Å²) in [6.45, 7) is 0. The monoisotopic (exact) mass is 444 g/mol. The minimum atomic E-state index is -0.645. The summed E-state index contributed by atoms with van der Waals surface area (Å²) in [5, 5.41) is 5.72. The number of carbonyl (C=O) groups is 1. The molecule has 0 atom stereocenters. The van der Waals surface area contributed by atoms with Gasteiger partial charge in [-0.05, 0) is 30.3 Å². The number of halogens is 2. The lowest BCUT2D eigenvalue weighted by Gasteiger charge is -2.09. The van der Waals surface area contributed by atoms with E-state index < -0.39 is 17.0 Å². The van der Waals surface area contributed by atoms with Crippen molar-refractivity contribution in [1.29, 1.82) is 0 Å². The summed E-state index contributed by atoms with van der Waals surface area (Å²) in [5.74, 6) is -0.221. The number of fused-ring (bicyclic) bond motifs is 1. The number of carbonyl (C=O) groups excluding carboxylic acids is 1. The van der Waals surface area contributed by atoms with E-state index in [-0.39, 0.29) is 16.9 Å². The molecule has 4 rings (SSSR count). The summed E-state index contributed by atoms with van der Waals surface area (Å²) in [4.78, 5) is 40.7. The van der Waals surface area contributed by atoms with Crippen LogP contribution in [0.5, 0.6) is 5.75 Å².